The van der Waals surface area contributed by atoms with Crippen LogP contribution in [0.2, 0.25) is 0 Å². The van der Waals surface area contributed by atoms with Gasteiger partial charge in [0.2, 0.25) is 0 Å². The van der Waals surface area contributed by atoms with Crippen LogP contribution in [0.5, 0.6) is 0 Å². The second-order valence-corrected chi connectivity index (χ2v) is 16.5. The quantitative estimate of drug-likeness (QED) is 0.103. The van der Waals surface area contributed by atoms with Gasteiger partial charge >= 0.3 is 6.03 Å². The molecule has 2 amide bonds. The van der Waals surface area contributed by atoms with E-state index in [1.54, 1.807) is 11.1 Å². The van der Waals surface area contributed by atoms with E-state index in [0.717, 1.165) is 80.0 Å². The number of carbonyl (C=O) groups excluding carboxylic acids is 1. The molecule has 3 heterocycles. The smallest absolute Gasteiger partial charge is 0.322 e. The van der Waals surface area contributed by atoms with Gasteiger partial charge in [0.25, 0.3) is 0 Å². The molecule has 0 saturated heterocycles. The number of anilines is 1. The monoisotopic (exact) mass is 841 g/mol. The van der Waals surface area contributed by atoms with Crippen molar-refractivity contribution < 1.29 is 4.79 Å². The molecule has 1 N–H and O–H groups in total. The number of amides is 2. The summed E-state index contributed by atoms with van der Waals surface area (Å²) in [5, 5.41) is 17.0. The Hall–Kier alpha value is -7.72. The summed E-state index contributed by atoms with van der Waals surface area (Å²) in [7, 11) is 0. The highest BCUT2D eigenvalue weighted by Crippen LogP contribution is 2.43. The molecule has 0 bridgehead atoms. The summed E-state index contributed by atoms with van der Waals surface area (Å²) in [5.74, 6) is 1.87. The number of nitrogens with zero attached hydrogens (tertiary/aromatic N) is 8. The lowest BCUT2D eigenvalue weighted by atomic mass is 9.77. The van der Waals surface area contributed by atoms with E-state index in [9.17, 15) is 4.79 Å². The zero-order valence-corrected chi connectivity index (χ0v) is 36.4. The Morgan fingerprint density at radius 1 is 0.703 bits per heavy atom. The molecule has 0 spiro atoms. The standard InChI is InChI=1S/C54H51N9O/c1-4-19-50-57-49-34-46(61(37-39(2)3)53(64)56-35-40-20-9-5-10-21-40)36-55-52(49)62(50)38-41-30-32-42(33-31-41)47-28-17-18-29-48(47)51-58-59-60-63(51)54(43-22-11-6-12-23-43,44-24-13-7-14-25-44)45-26-15-8-16-27-45/h5-18,20-34,36,39H,4,19,35,37-38H2,1-3H3,(H,56,64). The zero-order valence-electron chi connectivity index (χ0n) is 36.4. The highest BCUT2D eigenvalue weighted by atomic mass is 16.2. The summed E-state index contributed by atoms with van der Waals surface area (Å²) >= 11 is 0. The minimum Gasteiger partial charge on any atom is -0.334 e. The van der Waals surface area contributed by atoms with Gasteiger partial charge in [-0.15, -0.1) is 5.10 Å². The molecule has 0 atom stereocenters. The number of urea groups is 1. The number of nitrogens with one attached hydrogen (secondary N) is 1. The highest BCUT2D eigenvalue weighted by Gasteiger charge is 2.42. The van der Waals surface area contributed by atoms with Gasteiger partial charge in [-0.3, -0.25) is 4.90 Å². The number of hydrogen-bond acceptors (Lipinski definition) is 6. The van der Waals surface area contributed by atoms with Crippen molar-refractivity contribution in [3.63, 3.8) is 0 Å². The molecule has 0 aliphatic rings. The van der Waals surface area contributed by atoms with Gasteiger partial charge in [-0.1, -0.05) is 191 Å². The van der Waals surface area contributed by atoms with E-state index in [1.807, 2.05) is 65.3 Å². The molecule has 0 fully saturated rings. The van der Waals surface area contributed by atoms with E-state index >= 15 is 0 Å². The molecule has 6 aromatic carbocycles. The highest BCUT2D eigenvalue weighted by molar-refractivity contribution is 5.93. The molecule has 64 heavy (non-hydrogen) atoms. The molecule has 9 rings (SSSR count). The molecule has 0 aliphatic carbocycles. The van der Waals surface area contributed by atoms with Crippen LogP contribution < -0.4 is 10.2 Å². The molecule has 3 aromatic heterocycles. The fourth-order valence-corrected chi connectivity index (χ4v) is 8.70. The Bertz CT molecular complexity index is 2850. The van der Waals surface area contributed by atoms with Crippen molar-refractivity contribution in [1.82, 2.24) is 40.1 Å². The second kappa shape index (κ2) is 18.7. The van der Waals surface area contributed by atoms with Gasteiger partial charge in [0.1, 0.15) is 16.9 Å². The van der Waals surface area contributed by atoms with E-state index in [4.69, 9.17) is 20.3 Å². The first-order valence-corrected chi connectivity index (χ1v) is 22.0. The SMILES string of the molecule is CCCc1nc2cc(N(CC(C)C)C(=O)NCc3ccccc3)cnc2n1Cc1ccc(-c2ccccc2-c2nnnn2C(c2ccccc2)(c2ccccc2)c2ccccc2)cc1. The molecule has 9 aromatic rings. The van der Waals surface area contributed by atoms with Crippen molar-refractivity contribution in [3.05, 3.63) is 216 Å². The Kier molecular flexibility index (Phi) is 12.2. The summed E-state index contributed by atoms with van der Waals surface area (Å²) in [6.45, 7) is 7.97. The van der Waals surface area contributed by atoms with Crippen LogP contribution in [0.1, 0.15) is 60.8 Å². The van der Waals surface area contributed by atoms with Gasteiger partial charge in [0.05, 0.1) is 18.4 Å². The van der Waals surface area contributed by atoms with Crippen LogP contribution in [0, 0.1) is 5.92 Å². The number of carbonyl (C=O) groups is 1. The predicted octanol–water partition coefficient (Wildman–Crippen LogP) is 11.0. The summed E-state index contributed by atoms with van der Waals surface area (Å²) in [4.78, 5) is 25.4. The number of tetrazole rings is 1. The van der Waals surface area contributed by atoms with Crippen molar-refractivity contribution in [2.24, 2.45) is 5.92 Å². The lowest BCUT2D eigenvalue weighted by molar-refractivity contribution is 0.245. The van der Waals surface area contributed by atoms with Crippen molar-refractivity contribution in [2.45, 2.75) is 52.2 Å². The first kappa shape index (κ1) is 41.6. The van der Waals surface area contributed by atoms with Crippen LogP contribution in [0.25, 0.3) is 33.7 Å². The van der Waals surface area contributed by atoms with E-state index in [1.165, 1.54) is 0 Å². The van der Waals surface area contributed by atoms with Crippen LogP contribution in [0.4, 0.5) is 10.5 Å². The third kappa shape index (κ3) is 8.30. The lowest BCUT2D eigenvalue weighted by Gasteiger charge is -2.36. The molecule has 10 nitrogen and oxygen atoms in total. The Morgan fingerprint density at radius 3 is 1.88 bits per heavy atom. The van der Waals surface area contributed by atoms with Crippen molar-refractivity contribution in [3.8, 4) is 22.5 Å². The molecule has 0 unspecified atom stereocenters. The van der Waals surface area contributed by atoms with Gasteiger partial charge in [-0.2, -0.15) is 0 Å². The molecule has 0 aliphatic heterocycles. The molecule has 10 heteroatoms. The first-order chi connectivity index (χ1) is 31.4. The Balaban J connectivity index is 1.04. The number of fused-ring (bicyclic) bond motifs is 1. The minimum absolute atomic E-state index is 0.159. The van der Waals surface area contributed by atoms with Crippen LogP contribution in [0.3, 0.4) is 0 Å². The van der Waals surface area contributed by atoms with Crippen LogP contribution in [0.15, 0.2) is 182 Å². The minimum atomic E-state index is -0.875. The number of benzene rings is 6. The Labute approximate surface area is 374 Å². The van der Waals surface area contributed by atoms with Gasteiger partial charge in [-0.05, 0) is 67.8 Å². The second-order valence-electron chi connectivity index (χ2n) is 16.5. The van der Waals surface area contributed by atoms with Crippen molar-refractivity contribution >= 4 is 22.9 Å². The molecular formula is C54H51N9O. The number of pyridine rings is 1. The average molecular weight is 842 g/mol. The van der Waals surface area contributed by atoms with Crippen molar-refractivity contribution in [1.29, 1.82) is 0 Å². The normalized spacial score (nSPS) is 11.6. The lowest BCUT2D eigenvalue weighted by Crippen LogP contribution is -2.41. The van der Waals surface area contributed by atoms with Gasteiger partial charge in [0, 0.05) is 25.1 Å². The third-order valence-corrected chi connectivity index (χ3v) is 11.6. The maximum atomic E-state index is 13.6. The molecular weight excluding hydrogens is 791 g/mol. The Morgan fingerprint density at radius 2 is 1.28 bits per heavy atom. The van der Waals surface area contributed by atoms with E-state index in [2.05, 4.69) is 151 Å². The van der Waals surface area contributed by atoms with E-state index in [-0.39, 0.29) is 11.9 Å². The van der Waals surface area contributed by atoms with Gasteiger partial charge < -0.3 is 9.88 Å². The van der Waals surface area contributed by atoms with Gasteiger partial charge in [-0.25, -0.2) is 19.4 Å². The first-order valence-electron chi connectivity index (χ1n) is 22.0. The van der Waals surface area contributed by atoms with Crippen LogP contribution in [-0.2, 0) is 25.0 Å². The summed E-state index contributed by atoms with van der Waals surface area (Å²) < 4.78 is 4.19. The predicted molar refractivity (Wildman–Crippen MR) is 255 cm³/mol. The molecule has 318 valence electrons. The number of hydrogen-bond donors (Lipinski definition) is 1. The number of aromatic nitrogens is 7. The number of imidazole rings is 1. The summed E-state index contributed by atoms with van der Waals surface area (Å²) in [5.41, 5.74) is 9.67. The summed E-state index contributed by atoms with van der Waals surface area (Å²) in [6, 6.07) is 60.2. The fraction of sp³-hybridized carbons (Fsp3) is 0.185. The topological polar surface area (TPSA) is 107 Å². The largest absolute Gasteiger partial charge is 0.334 e. The maximum absolute atomic E-state index is 13.6. The molecule has 0 saturated carbocycles. The molecule has 0 radical (unpaired) electrons. The number of aryl methyl sites for hydroxylation is 1. The fourth-order valence-electron chi connectivity index (χ4n) is 8.70. The average Bonchev–Trinajstić information content (AvgIpc) is 3.97. The zero-order chi connectivity index (χ0) is 43.9. The van der Waals surface area contributed by atoms with Crippen LogP contribution in [-0.4, -0.2) is 47.3 Å². The number of rotatable bonds is 15. The van der Waals surface area contributed by atoms with Crippen molar-refractivity contribution in [2.75, 3.05) is 11.4 Å². The summed E-state index contributed by atoms with van der Waals surface area (Å²) in [6.07, 6.45) is 3.54. The van der Waals surface area contributed by atoms with Crippen LogP contribution >= 0.6 is 0 Å². The maximum Gasteiger partial charge on any atom is 0.322 e. The third-order valence-electron chi connectivity index (χ3n) is 11.6. The van der Waals surface area contributed by atoms with Gasteiger partial charge in [0.15, 0.2) is 11.5 Å². The van der Waals surface area contributed by atoms with E-state index in [0.29, 0.717) is 25.5 Å². The van der Waals surface area contributed by atoms with E-state index < -0.39 is 5.54 Å².